The van der Waals surface area contributed by atoms with Crippen LogP contribution in [0.4, 0.5) is 4.39 Å². The number of pyridine rings is 1. The normalized spacial score (nSPS) is 10.3. The molecule has 2 rings (SSSR count). The minimum Gasteiger partial charge on any atom is -0.494 e. The van der Waals surface area contributed by atoms with E-state index in [-0.39, 0.29) is 17.3 Å². The molecular weight excluding hydrogens is 345 g/mol. The molecule has 0 N–H and O–H groups in total. The first-order valence-electron chi connectivity index (χ1n) is 5.72. The topological polar surface area (TPSA) is 39.2 Å². The van der Waals surface area contributed by atoms with Gasteiger partial charge in [-0.2, -0.15) is 0 Å². The maximum absolute atomic E-state index is 13.5. The SMILES string of the molecule is COc1ccc(C(=O)CSc2ncccc2Br)cc1F. The molecule has 0 spiro atoms. The van der Waals surface area contributed by atoms with Crippen molar-refractivity contribution in [2.24, 2.45) is 0 Å². The zero-order chi connectivity index (χ0) is 14.5. The molecule has 0 radical (unpaired) electrons. The van der Waals surface area contributed by atoms with Crippen molar-refractivity contribution in [3.8, 4) is 5.75 Å². The van der Waals surface area contributed by atoms with E-state index >= 15 is 0 Å². The van der Waals surface area contributed by atoms with E-state index in [2.05, 4.69) is 20.9 Å². The second-order valence-corrected chi connectivity index (χ2v) is 5.67. The van der Waals surface area contributed by atoms with Crippen LogP contribution in [0.5, 0.6) is 5.75 Å². The molecule has 0 unspecified atom stereocenters. The van der Waals surface area contributed by atoms with Gasteiger partial charge in [0.25, 0.3) is 0 Å². The molecule has 0 fully saturated rings. The highest BCUT2D eigenvalue weighted by molar-refractivity contribution is 9.10. The second kappa shape index (κ2) is 6.85. The molecule has 0 saturated carbocycles. The Hall–Kier alpha value is -1.40. The summed E-state index contributed by atoms with van der Waals surface area (Å²) in [5.74, 6) is -0.375. The number of hydrogen-bond acceptors (Lipinski definition) is 4. The summed E-state index contributed by atoms with van der Waals surface area (Å²) in [5, 5.41) is 0.731. The van der Waals surface area contributed by atoms with E-state index in [9.17, 15) is 9.18 Å². The van der Waals surface area contributed by atoms with Gasteiger partial charge in [-0.25, -0.2) is 9.37 Å². The van der Waals surface area contributed by atoms with Crippen LogP contribution < -0.4 is 4.74 Å². The van der Waals surface area contributed by atoms with Crippen molar-refractivity contribution in [3.63, 3.8) is 0 Å². The van der Waals surface area contributed by atoms with Crippen molar-refractivity contribution >= 4 is 33.5 Å². The molecule has 0 aliphatic rings. The van der Waals surface area contributed by atoms with Gasteiger partial charge in [-0.3, -0.25) is 4.79 Å². The van der Waals surface area contributed by atoms with Gasteiger partial charge in [-0.15, -0.1) is 0 Å². The Morgan fingerprint density at radius 2 is 2.25 bits per heavy atom. The summed E-state index contributed by atoms with van der Waals surface area (Å²) >= 11 is 4.67. The molecule has 104 valence electrons. The third-order valence-corrected chi connectivity index (χ3v) is 4.45. The van der Waals surface area contributed by atoms with Gasteiger partial charge in [-0.05, 0) is 46.3 Å². The lowest BCUT2D eigenvalue weighted by Crippen LogP contribution is -2.04. The number of benzene rings is 1. The van der Waals surface area contributed by atoms with Gasteiger partial charge in [0.1, 0.15) is 5.03 Å². The van der Waals surface area contributed by atoms with Crippen LogP contribution in [0.1, 0.15) is 10.4 Å². The number of ketones is 1. The van der Waals surface area contributed by atoms with Crippen LogP contribution in [0.15, 0.2) is 46.0 Å². The minimum absolute atomic E-state index is 0.127. The summed E-state index contributed by atoms with van der Waals surface area (Å²) in [6.45, 7) is 0. The molecule has 6 heteroatoms. The molecule has 1 aromatic heterocycles. The van der Waals surface area contributed by atoms with Crippen molar-refractivity contribution in [1.29, 1.82) is 0 Å². The van der Waals surface area contributed by atoms with Crippen molar-refractivity contribution in [2.75, 3.05) is 12.9 Å². The molecule has 1 aromatic carbocycles. The molecular formula is C14H11BrFNO2S. The Morgan fingerprint density at radius 3 is 2.90 bits per heavy atom. The molecule has 20 heavy (non-hydrogen) atoms. The van der Waals surface area contributed by atoms with Crippen LogP contribution in [-0.4, -0.2) is 23.6 Å². The predicted molar refractivity (Wildman–Crippen MR) is 79.9 cm³/mol. The maximum Gasteiger partial charge on any atom is 0.173 e. The van der Waals surface area contributed by atoms with Gasteiger partial charge in [0.2, 0.25) is 0 Å². The Kier molecular flexibility index (Phi) is 5.14. The van der Waals surface area contributed by atoms with Crippen LogP contribution in [0.2, 0.25) is 0 Å². The van der Waals surface area contributed by atoms with Crippen molar-refractivity contribution < 1.29 is 13.9 Å². The molecule has 0 aliphatic carbocycles. The number of nitrogens with zero attached hydrogens (tertiary/aromatic N) is 1. The molecule has 0 saturated heterocycles. The number of carbonyl (C=O) groups excluding carboxylic acids is 1. The maximum atomic E-state index is 13.5. The lowest BCUT2D eigenvalue weighted by molar-refractivity contribution is 0.102. The lowest BCUT2D eigenvalue weighted by Gasteiger charge is -2.05. The molecule has 0 atom stereocenters. The molecule has 0 amide bonds. The van der Waals surface area contributed by atoms with E-state index in [0.717, 1.165) is 9.50 Å². The second-order valence-electron chi connectivity index (χ2n) is 3.85. The molecule has 1 heterocycles. The van der Waals surface area contributed by atoms with E-state index in [4.69, 9.17) is 4.74 Å². The fraction of sp³-hybridized carbons (Fsp3) is 0.143. The highest BCUT2D eigenvalue weighted by atomic mass is 79.9. The molecule has 2 aromatic rings. The summed E-state index contributed by atoms with van der Waals surface area (Å²) in [6.07, 6.45) is 1.66. The van der Waals surface area contributed by atoms with Gasteiger partial charge in [0.05, 0.1) is 12.9 Å². The predicted octanol–water partition coefficient (Wildman–Crippen LogP) is 3.97. The van der Waals surface area contributed by atoms with Crippen molar-refractivity contribution in [3.05, 3.63) is 52.4 Å². The van der Waals surface area contributed by atoms with E-state index < -0.39 is 5.82 Å². The number of rotatable bonds is 5. The number of aromatic nitrogens is 1. The Bertz CT molecular complexity index is 636. The highest BCUT2D eigenvalue weighted by Crippen LogP contribution is 2.26. The van der Waals surface area contributed by atoms with Gasteiger partial charge in [0, 0.05) is 16.2 Å². The average Bonchev–Trinajstić information content (AvgIpc) is 2.46. The smallest absolute Gasteiger partial charge is 0.173 e. The van der Waals surface area contributed by atoms with Crippen LogP contribution in [0, 0.1) is 5.82 Å². The monoisotopic (exact) mass is 355 g/mol. The number of thioether (sulfide) groups is 1. The van der Waals surface area contributed by atoms with Crippen LogP contribution in [0.3, 0.4) is 0 Å². The lowest BCUT2D eigenvalue weighted by atomic mass is 10.1. The summed E-state index contributed by atoms with van der Waals surface area (Å²) < 4.78 is 19.2. The fourth-order valence-corrected chi connectivity index (χ4v) is 2.91. The zero-order valence-electron chi connectivity index (χ0n) is 10.6. The summed E-state index contributed by atoms with van der Waals surface area (Å²) in [6, 6.07) is 7.85. The molecule has 0 aliphatic heterocycles. The summed E-state index contributed by atoms with van der Waals surface area (Å²) in [7, 11) is 1.38. The zero-order valence-corrected chi connectivity index (χ0v) is 13.0. The number of halogens is 2. The standard InChI is InChI=1S/C14H11BrFNO2S/c1-19-13-5-4-9(7-11(13)16)12(18)8-20-14-10(15)3-2-6-17-14/h2-7H,8H2,1H3. The third kappa shape index (κ3) is 3.58. The van der Waals surface area contributed by atoms with Crippen molar-refractivity contribution in [2.45, 2.75) is 5.03 Å². The Morgan fingerprint density at radius 1 is 1.45 bits per heavy atom. The van der Waals surface area contributed by atoms with Crippen LogP contribution in [-0.2, 0) is 0 Å². The number of hydrogen-bond donors (Lipinski definition) is 0. The fourth-order valence-electron chi connectivity index (χ4n) is 1.53. The average molecular weight is 356 g/mol. The Labute approximate surface area is 128 Å². The number of Topliss-reactive ketones (excluding diaryl/α,β-unsaturated/α-hetero) is 1. The molecule has 3 nitrogen and oxygen atoms in total. The minimum atomic E-state index is -0.539. The number of methoxy groups -OCH3 is 1. The number of carbonyl (C=O) groups is 1. The quantitative estimate of drug-likeness (QED) is 0.600. The van der Waals surface area contributed by atoms with E-state index in [1.54, 1.807) is 18.3 Å². The Balaban J connectivity index is 2.05. The summed E-state index contributed by atoms with van der Waals surface area (Å²) in [5.41, 5.74) is 0.322. The van der Waals surface area contributed by atoms with E-state index in [0.29, 0.717) is 5.56 Å². The largest absolute Gasteiger partial charge is 0.494 e. The highest BCUT2D eigenvalue weighted by Gasteiger charge is 2.12. The number of ether oxygens (including phenoxy) is 1. The van der Waals surface area contributed by atoms with Crippen molar-refractivity contribution in [1.82, 2.24) is 4.98 Å². The van der Waals surface area contributed by atoms with E-state index in [1.165, 1.54) is 31.0 Å². The van der Waals surface area contributed by atoms with Gasteiger partial charge >= 0.3 is 0 Å². The van der Waals surface area contributed by atoms with E-state index in [1.807, 2.05) is 6.07 Å². The van der Waals surface area contributed by atoms with Crippen LogP contribution in [0.25, 0.3) is 0 Å². The summed E-state index contributed by atoms with van der Waals surface area (Å²) in [4.78, 5) is 16.2. The van der Waals surface area contributed by atoms with Crippen LogP contribution >= 0.6 is 27.7 Å². The molecule has 0 bridgehead atoms. The van der Waals surface area contributed by atoms with Gasteiger partial charge in [0.15, 0.2) is 17.3 Å². The first kappa shape index (κ1) is 15.0. The third-order valence-electron chi connectivity index (χ3n) is 2.54. The first-order valence-corrected chi connectivity index (χ1v) is 7.49. The van der Waals surface area contributed by atoms with Gasteiger partial charge < -0.3 is 4.74 Å². The van der Waals surface area contributed by atoms with Gasteiger partial charge in [-0.1, -0.05) is 11.8 Å². The first-order chi connectivity index (χ1) is 9.61.